The van der Waals surface area contributed by atoms with Crippen LogP contribution in [0.1, 0.15) is 42.5 Å². The van der Waals surface area contributed by atoms with Gasteiger partial charge in [-0.2, -0.15) is 23.4 Å². The van der Waals surface area contributed by atoms with Crippen LogP contribution in [0.15, 0.2) is 18.2 Å². The number of aliphatic hydroxyl groups excluding tert-OH is 1. The first-order chi connectivity index (χ1) is 15.0. The lowest BCUT2D eigenvalue weighted by Crippen LogP contribution is -2.08. The summed E-state index contributed by atoms with van der Waals surface area (Å²) in [5.41, 5.74) is 0.0563. The average Bonchev–Trinajstić information content (AvgIpc) is 3.28. The van der Waals surface area contributed by atoms with Crippen LogP contribution in [0.25, 0.3) is 33.5 Å². The number of nitrogens with zero attached hydrogens (tertiary/aromatic N) is 5. The molecule has 0 aliphatic heterocycles. The molecule has 4 aromatic rings. The van der Waals surface area contributed by atoms with E-state index in [1.165, 1.54) is 11.6 Å². The van der Waals surface area contributed by atoms with E-state index in [-0.39, 0.29) is 52.2 Å². The average molecular weight is 448 g/mol. The monoisotopic (exact) mass is 448 g/mol. The number of aromatic amines is 1. The maximum Gasteiger partial charge on any atom is 0.433 e. The molecule has 2 N–H and O–H groups in total. The van der Waals surface area contributed by atoms with Gasteiger partial charge in [0.1, 0.15) is 18.1 Å². The molecule has 1 aromatic carbocycles. The molecule has 0 fully saturated rings. The molecule has 0 bridgehead atoms. The number of hydrogen-bond donors (Lipinski definition) is 2. The van der Waals surface area contributed by atoms with Crippen LogP contribution in [0.3, 0.4) is 0 Å². The van der Waals surface area contributed by atoms with Gasteiger partial charge >= 0.3 is 6.18 Å². The molecule has 0 radical (unpaired) electrons. The lowest BCUT2D eigenvalue weighted by Gasteiger charge is -2.15. The number of fused-ring (bicyclic) bond motifs is 1. The summed E-state index contributed by atoms with van der Waals surface area (Å²) in [6, 6.07) is 4.28. The molecule has 0 aliphatic carbocycles. The number of pyridine rings is 1. The van der Waals surface area contributed by atoms with Crippen molar-refractivity contribution in [1.29, 1.82) is 0 Å². The summed E-state index contributed by atoms with van der Waals surface area (Å²) in [6.07, 6.45) is -4.64. The van der Waals surface area contributed by atoms with Crippen molar-refractivity contribution in [3.63, 3.8) is 0 Å². The molecule has 0 atom stereocenters. The summed E-state index contributed by atoms with van der Waals surface area (Å²) >= 11 is 0. The fraction of sp³-hybridized carbons (Fsp3) is 0.333. The minimum absolute atomic E-state index is 0.0606. The van der Waals surface area contributed by atoms with E-state index in [0.717, 1.165) is 6.07 Å². The molecule has 168 valence electrons. The highest BCUT2D eigenvalue weighted by Crippen LogP contribution is 2.39. The lowest BCUT2D eigenvalue weighted by molar-refractivity contribution is -0.140. The van der Waals surface area contributed by atoms with Gasteiger partial charge in [-0.25, -0.2) is 14.4 Å². The lowest BCUT2D eigenvalue weighted by atomic mass is 9.94. The van der Waals surface area contributed by atoms with Gasteiger partial charge in [0.15, 0.2) is 11.6 Å². The van der Waals surface area contributed by atoms with Crippen LogP contribution in [0.4, 0.5) is 17.6 Å². The van der Waals surface area contributed by atoms with Gasteiger partial charge in [-0.15, -0.1) is 0 Å². The Morgan fingerprint density at radius 2 is 1.88 bits per heavy atom. The molecule has 3 heterocycles. The first kappa shape index (κ1) is 21.9. The third-order valence-electron chi connectivity index (χ3n) is 5.27. The van der Waals surface area contributed by atoms with Crippen LogP contribution in [-0.2, 0) is 19.8 Å². The van der Waals surface area contributed by atoms with Gasteiger partial charge in [0.25, 0.3) is 0 Å². The predicted molar refractivity (Wildman–Crippen MR) is 109 cm³/mol. The summed E-state index contributed by atoms with van der Waals surface area (Å²) < 4.78 is 56.9. The van der Waals surface area contributed by atoms with Crippen molar-refractivity contribution in [3.8, 4) is 22.6 Å². The van der Waals surface area contributed by atoms with E-state index in [2.05, 4.69) is 20.2 Å². The van der Waals surface area contributed by atoms with Crippen LogP contribution >= 0.6 is 0 Å². The Hall–Kier alpha value is -3.34. The van der Waals surface area contributed by atoms with Gasteiger partial charge in [-0.3, -0.25) is 9.78 Å². The minimum atomic E-state index is -4.64. The van der Waals surface area contributed by atoms with Crippen molar-refractivity contribution in [2.45, 2.75) is 39.5 Å². The molecule has 0 unspecified atom stereocenters. The molecule has 3 aromatic heterocycles. The summed E-state index contributed by atoms with van der Waals surface area (Å²) in [4.78, 5) is 8.50. The smallest absolute Gasteiger partial charge is 0.388 e. The summed E-state index contributed by atoms with van der Waals surface area (Å²) in [5.74, 6) is -0.400. The Balaban J connectivity index is 1.97. The highest BCUT2D eigenvalue weighted by molar-refractivity contribution is 5.89. The van der Waals surface area contributed by atoms with E-state index < -0.39 is 17.7 Å². The molecular formula is C21H20F4N6O. The van der Waals surface area contributed by atoms with Gasteiger partial charge in [-0.05, 0) is 30.5 Å². The van der Waals surface area contributed by atoms with Crippen LogP contribution in [0.2, 0.25) is 0 Å². The molecule has 0 saturated carbocycles. The zero-order valence-corrected chi connectivity index (χ0v) is 17.7. The summed E-state index contributed by atoms with van der Waals surface area (Å²) in [7, 11) is 1.58. The highest BCUT2D eigenvalue weighted by Gasteiger charge is 2.37. The molecule has 32 heavy (non-hydrogen) atoms. The van der Waals surface area contributed by atoms with E-state index >= 15 is 4.39 Å². The molecule has 7 nitrogen and oxygen atoms in total. The standard InChI is InChI=1S/C21H20F4N6O/c1-9(2)11-6-16(18-10(3)28-29-19(18)21(23,24)25)26-15-7-14(22)13(5-12(11)15)20-27-17(8-32)31(4)30-20/h5-7,9,32H,8H2,1-4H3,(H,28,29). The molecule has 11 heteroatoms. The third kappa shape index (κ3) is 3.62. The fourth-order valence-corrected chi connectivity index (χ4v) is 3.67. The maximum absolute atomic E-state index is 15.0. The van der Waals surface area contributed by atoms with E-state index in [4.69, 9.17) is 0 Å². The van der Waals surface area contributed by atoms with E-state index in [1.807, 2.05) is 18.9 Å². The third-order valence-corrected chi connectivity index (χ3v) is 5.27. The zero-order valence-electron chi connectivity index (χ0n) is 17.7. The SMILES string of the molecule is Cc1n[nH]c(C(F)(F)F)c1-c1cc(C(C)C)c2cc(-c3nc(CO)n(C)n3)c(F)cc2n1. The number of rotatable bonds is 4. The number of hydrogen-bond acceptors (Lipinski definition) is 5. The van der Waals surface area contributed by atoms with Crippen LogP contribution in [0, 0.1) is 12.7 Å². The van der Waals surface area contributed by atoms with Crippen molar-refractivity contribution in [1.82, 2.24) is 29.9 Å². The summed E-state index contributed by atoms with van der Waals surface area (Å²) in [5, 5.41) is 19.8. The predicted octanol–water partition coefficient (Wildman–Crippen LogP) is 4.50. The highest BCUT2D eigenvalue weighted by atomic mass is 19.4. The van der Waals surface area contributed by atoms with Gasteiger partial charge in [0, 0.05) is 18.5 Å². The van der Waals surface area contributed by atoms with Gasteiger partial charge in [0.2, 0.25) is 0 Å². The van der Waals surface area contributed by atoms with Crippen LogP contribution in [0.5, 0.6) is 0 Å². The van der Waals surface area contributed by atoms with E-state index in [9.17, 15) is 18.3 Å². The number of aliphatic hydroxyl groups is 1. The quantitative estimate of drug-likeness (QED) is 0.449. The second-order valence-electron chi connectivity index (χ2n) is 7.79. The largest absolute Gasteiger partial charge is 0.433 e. The Labute approximate surface area is 180 Å². The summed E-state index contributed by atoms with van der Waals surface area (Å²) in [6.45, 7) is 4.87. The molecular weight excluding hydrogens is 428 g/mol. The molecule has 4 rings (SSSR count). The Morgan fingerprint density at radius 1 is 1.16 bits per heavy atom. The maximum atomic E-state index is 15.0. The van der Waals surface area contributed by atoms with Crippen molar-refractivity contribution >= 4 is 10.9 Å². The normalized spacial score (nSPS) is 12.3. The second kappa shape index (κ2) is 7.66. The number of nitrogens with one attached hydrogen (secondary N) is 1. The van der Waals surface area contributed by atoms with Gasteiger partial charge in [-0.1, -0.05) is 13.8 Å². The van der Waals surface area contributed by atoms with Gasteiger partial charge in [0.05, 0.1) is 28.0 Å². The first-order valence-electron chi connectivity index (χ1n) is 9.79. The number of alkyl halides is 3. The van der Waals surface area contributed by atoms with Crippen molar-refractivity contribution in [2.75, 3.05) is 0 Å². The molecule has 0 saturated heterocycles. The van der Waals surface area contributed by atoms with Crippen molar-refractivity contribution in [2.24, 2.45) is 7.05 Å². The number of benzene rings is 1. The second-order valence-corrected chi connectivity index (χ2v) is 7.79. The van der Waals surface area contributed by atoms with Crippen molar-refractivity contribution < 1.29 is 22.7 Å². The molecule has 0 aliphatic rings. The Kier molecular flexibility index (Phi) is 5.24. The van der Waals surface area contributed by atoms with Gasteiger partial charge < -0.3 is 5.11 Å². The number of aryl methyl sites for hydroxylation is 2. The first-order valence-corrected chi connectivity index (χ1v) is 9.79. The topological polar surface area (TPSA) is 92.5 Å². The van der Waals surface area contributed by atoms with E-state index in [1.54, 1.807) is 19.2 Å². The number of halogens is 4. The minimum Gasteiger partial charge on any atom is -0.388 e. The molecule has 0 spiro atoms. The molecule has 0 amide bonds. The Morgan fingerprint density at radius 3 is 2.47 bits per heavy atom. The van der Waals surface area contributed by atoms with Crippen LogP contribution in [-0.4, -0.2) is 35.1 Å². The van der Waals surface area contributed by atoms with Crippen LogP contribution < -0.4 is 0 Å². The fourth-order valence-electron chi connectivity index (χ4n) is 3.67. The van der Waals surface area contributed by atoms with E-state index in [0.29, 0.717) is 10.9 Å². The number of aromatic nitrogens is 6. The Bertz CT molecular complexity index is 1320. The zero-order chi connectivity index (χ0) is 23.4. The number of H-pyrrole nitrogens is 1. The van der Waals surface area contributed by atoms with Crippen molar-refractivity contribution in [3.05, 3.63) is 46.8 Å².